The van der Waals surface area contributed by atoms with Gasteiger partial charge in [0.15, 0.2) is 0 Å². The van der Waals surface area contributed by atoms with E-state index in [0.717, 1.165) is 12.5 Å². The minimum absolute atomic E-state index is 0.371. The van der Waals surface area contributed by atoms with Gasteiger partial charge >= 0.3 is 0 Å². The van der Waals surface area contributed by atoms with Crippen LogP contribution in [0.25, 0.3) is 0 Å². The highest BCUT2D eigenvalue weighted by Crippen LogP contribution is 2.18. The van der Waals surface area contributed by atoms with Gasteiger partial charge in [0.2, 0.25) is 0 Å². The summed E-state index contributed by atoms with van der Waals surface area (Å²) in [5.74, 6) is 0.942. The Kier molecular flexibility index (Phi) is 5.26. The fourth-order valence-corrected chi connectivity index (χ4v) is 2.03. The van der Waals surface area contributed by atoms with Gasteiger partial charge in [0.05, 0.1) is 0 Å². The van der Waals surface area contributed by atoms with Gasteiger partial charge in [-0.2, -0.15) is 0 Å². The molecule has 1 rings (SSSR count). The zero-order chi connectivity index (χ0) is 12.2. The van der Waals surface area contributed by atoms with E-state index in [1.165, 1.54) is 32.5 Å². The Morgan fingerprint density at radius 1 is 1.25 bits per heavy atom. The van der Waals surface area contributed by atoms with Crippen molar-refractivity contribution >= 4 is 0 Å². The normalized spacial score (nSPS) is 22.3. The lowest BCUT2D eigenvalue weighted by atomic mass is 9.88. The number of nitrogens with one attached hydrogen (secondary N) is 1. The Balaban J connectivity index is 2.11. The van der Waals surface area contributed by atoms with Crippen LogP contribution in [0.3, 0.4) is 0 Å². The average molecular weight is 226 g/mol. The van der Waals surface area contributed by atoms with Crippen molar-refractivity contribution in [2.24, 2.45) is 11.3 Å². The largest absolute Gasteiger partial charge is 0.312 e. The van der Waals surface area contributed by atoms with E-state index in [1.54, 1.807) is 0 Å². The standard InChI is InChI=1S/C14H30N2/c1-12-6-9-16(10-7-12)11-8-15-13(2)14(3,4)5/h12-13,15H,6-11H2,1-5H3. The van der Waals surface area contributed by atoms with Crippen molar-refractivity contribution in [3.63, 3.8) is 0 Å². The third-order valence-electron chi connectivity index (χ3n) is 4.05. The molecule has 0 radical (unpaired) electrons. The van der Waals surface area contributed by atoms with E-state index in [0.29, 0.717) is 11.5 Å². The second kappa shape index (κ2) is 6.02. The van der Waals surface area contributed by atoms with Gasteiger partial charge in [-0.15, -0.1) is 0 Å². The minimum atomic E-state index is 0.371. The lowest BCUT2D eigenvalue weighted by molar-refractivity contribution is 0.185. The third kappa shape index (κ3) is 4.84. The Hall–Kier alpha value is -0.0800. The summed E-state index contributed by atoms with van der Waals surface area (Å²) in [5.41, 5.74) is 0.371. The molecule has 0 bridgehead atoms. The van der Waals surface area contributed by atoms with Crippen molar-refractivity contribution in [2.45, 2.75) is 53.5 Å². The molecular weight excluding hydrogens is 196 g/mol. The lowest BCUT2D eigenvalue weighted by Gasteiger charge is -2.32. The predicted octanol–water partition coefficient (Wildman–Crippen LogP) is 2.74. The topological polar surface area (TPSA) is 15.3 Å². The predicted molar refractivity (Wildman–Crippen MR) is 71.8 cm³/mol. The highest BCUT2D eigenvalue weighted by atomic mass is 15.1. The maximum atomic E-state index is 3.64. The van der Waals surface area contributed by atoms with Crippen LogP contribution in [0.5, 0.6) is 0 Å². The quantitative estimate of drug-likeness (QED) is 0.793. The molecule has 2 heteroatoms. The summed E-state index contributed by atoms with van der Waals surface area (Å²) in [6.45, 7) is 16.5. The van der Waals surface area contributed by atoms with Crippen LogP contribution in [0.4, 0.5) is 0 Å². The van der Waals surface area contributed by atoms with Crippen LogP contribution in [-0.4, -0.2) is 37.1 Å². The van der Waals surface area contributed by atoms with Gasteiger partial charge in [-0.1, -0.05) is 27.7 Å². The first kappa shape index (κ1) is 14.0. The van der Waals surface area contributed by atoms with Crippen molar-refractivity contribution in [2.75, 3.05) is 26.2 Å². The molecule has 1 aliphatic heterocycles. The Labute approximate surface area is 102 Å². The van der Waals surface area contributed by atoms with E-state index in [2.05, 4.69) is 44.8 Å². The first-order valence-electron chi connectivity index (χ1n) is 6.85. The average Bonchev–Trinajstić information content (AvgIpc) is 2.19. The van der Waals surface area contributed by atoms with Gasteiger partial charge in [-0.25, -0.2) is 0 Å². The van der Waals surface area contributed by atoms with Gasteiger partial charge in [0.25, 0.3) is 0 Å². The molecule has 0 amide bonds. The van der Waals surface area contributed by atoms with Crippen LogP contribution in [-0.2, 0) is 0 Å². The first-order valence-corrected chi connectivity index (χ1v) is 6.85. The Bertz CT molecular complexity index is 187. The highest BCUT2D eigenvalue weighted by molar-refractivity contribution is 4.77. The van der Waals surface area contributed by atoms with Crippen LogP contribution in [0.2, 0.25) is 0 Å². The molecular formula is C14H30N2. The summed E-state index contributed by atoms with van der Waals surface area (Å²) < 4.78 is 0. The minimum Gasteiger partial charge on any atom is -0.312 e. The molecule has 1 saturated heterocycles. The molecule has 1 N–H and O–H groups in total. The van der Waals surface area contributed by atoms with E-state index in [4.69, 9.17) is 0 Å². The first-order chi connectivity index (χ1) is 7.39. The van der Waals surface area contributed by atoms with Crippen molar-refractivity contribution in [3.8, 4) is 0 Å². The van der Waals surface area contributed by atoms with Crippen molar-refractivity contribution in [1.82, 2.24) is 10.2 Å². The fourth-order valence-electron chi connectivity index (χ4n) is 2.03. The van der Waals surface area contributed by atoms with Gasteiger partial charge in [-0.3, -0.25) is 0 Å². The van der Waals surface area contributed by atoms with Crippen LogP contribution in [0.15, 0.2) is 0 Å². The molecule has 1 unspecified atom stereocenters. The summed E-state index contributed by atoms with van der Waals surface area (Å²) in [5, 5.41) is 3.64. The van der Waals surface area contributed by atoms with Crippen LogP contribution in [0.1, 0.15) is 47.5 Å². The summed E-state index contributed by atoms with van der Waals surface area (Å²) in [7, 11) is 0. The van der Waals surface area contributed by atoms with Crippen LogP contribution in [0, 0.1) is 11.3 Å². The summed E-state index contributed by atoms with van der Waals surface area (Å²) >= 11 is 0. The van der Waals surface area contributed by atoms with Gasteiger partial charge in [0, 0.05) is 19.1 Å². The van der Waals surface area contributed by atoms with E-state index >= 15 is 0 Å². The molecule has 1 aliphatic rings. The van der Waals surface area contributed by atoms with Gasteiger partial charge in [0.1, 0.15) is 0 Å². The lowest BCUT2D eigenvalue weighted by Crippen LogP contribution is -2.43. The van der Waals surface area contributed by atoms with E-state index in [1.807, 2.05) is 0 Å². The molecule has 0 aromatic rings. The number of likely N-dealkylation sites (tertiary alicyclic amines) is 1. The molecule has 1 fully saturated rings. The summed E-state index contributed by atoms with van der Waals surface area (Å²) in [6.07, 6.45) is 2.77. The monoisotopic (exact) mass is 226 g/mol. The van der Waals surface area contributed by atoms with Crippen LogP contribution < -0.4 is 5.32 Å². The summed E-state index contributed by atoms with van der Waals surface area (Å²) in [6, 6.07) is 0.594. The molecule has 0 spiro atoms. The molecule has 0 aromatic carbocycles. The zero-order valence-corrected chi connectivity index (χ0v) is 11.8. The van der Waals surface area contributed by atoms with Crippen molar-refractivity contribution < 1.29 is 0 Å². The van der Waals surface area contributed by atoms with E-state index in [-0.39, 0.29) is 0 Å². The number of nitrogens with zero attached hydrogens (tertiary/aromatic N) is 1. The summed E-state index contributed by atoms with van der Waals surface area (Å²) in [4.78, 5) is 2.60. The molecule has 16 heavy (non-hydrogen) atoms. The molecule has 0 saturated carbocycles. The van der Waals surface area contributed by atoms with Crippen LogP contribution >= 0.6 is 0 Å². The second-order valence-corrected chi connectivity index (χ2v) is 6.57. The van der Waals surface area contributed by atoms with Gasteiger partial charge < -0.3 is 10.2 Å². The Morgan fingerprint density at radius 2 is 1.81 bits per heavy atom. The SMILES string of the molecule is CC1CCN(CCNC(C)C(C)(C)C)CC1. The molecule has 1 heterocycles. The maximum absolute atomic E-state index is 3.64. The molecule has 0 aliphatic carbocycles. The fraction of sp³-hybridized carbons (Fsp3) is 1.00. The van der Waals surface area contributed by atoms with Crippen molar-refractivity contribution in [1.29, 1.82) is 0 Å². The number of piperidine rings is 1. The molecule has 0 aromatic heterocycles. The molecule has 1 atom stereocenters. The zero-order valence-electron chi connectivity index (χ0n) is 11.8. The smallest absolute Gasteiger partial charge is 0.0107 e. The number of hydrogen-bond donors (Lipinski definition) is 1. The highest BCUT2D eigenvalue weighted by Gasteiger charge is 2.20. The third-order valence-corrected chi connectivity index (χ3v) is 4.05. The number of rotatable bonds is 4. The van der Waals surface area contributed by atoms with E-state index in [9.17, 15) is 0 Å². The van der Waals surface area contributed by atoms with Crippen molar-refractivity contribution in [3.05, 3.63) is 0 Å². The van der Waals surface area contributed by atoms with E-state index < -0.39 is 0 Å². The second-order valence-electron chi connectivity index (χ2n) is 6.57. The molecule has 96 valence electrons. The number of hydrogen-bond acceptors (Lipinski definition) is 2. The maximum Gasteiger partial charge on any atom is 0.0107 e. The Morgan fingerprint density at radius 3 is 2.31 bits per heavy atom. The molecule has 2 nitrogen and oxygen atoms in total. The van der Waals surface area contributed by atoms with Gasteiger partial charge in [-0.05, 0) is 44.2 Å².